The van der Waals surface area contributed by atoms with Crippen molar-refractivity contribution in [2.45, 2.75) is 45.1 Å². The number of aryl methyl sites for hydroxylation is 1. The van der Waals surface area contributed by atoms with Crippen LogP contribution >= 0.6 is 23.1 Å². The van der Waals surface area contributed by atoms with Crippen LogP contribution in [0.4, 0.5) is 5.13 Å². The predicted octanol–water partition coefficient (Wildman–Crippen LogP) is 4.18. The topological polar surface area (TPSA) is 71.3 Å². The van der Waals surface area contributed by atoms with Gasteiger partial charge in [0.05, 0.1) is 10.6 Å². The van der Waals surface area contributed by atoms with Gasteiger partial charge in [-0.3, -0.25) is 14.7 Å². The Bertz CT molecular complexity index is 855. The van der Waals surface area contributed by atoms with Gasteiger partial charge in [-0.1, -0.05) is 36.7 Å². The maximum Gasteiger partial charge on any atom is 0.267 e. The summed E-state index contributed by atoms with van der Waals surface area (Å²) in [5, 5.41) is 10.3. The van der Waals surface area contributed by atoms with Gasteiger partial charge in [-0.15, -0.1) is 10.2 Å². The largest absolute Gasteiger partial charge is 0.283 e. The number of carbonyl (C=O) groups is 1. The molecule has 1 saturated heterocycles. The smallest absolute Gasteiger partial charge is 0.267 e. The molecule has 0 bridgehead atoms. The Balaban J connectivity index is 1.69. The van der Waals surface area contributed by atoms with Crippen molar-refractivity contribution in [1.82, 2.24) is 20.1 Å². The second-order valence-corrected chi connectivity index (χ2v) is 8.50. The van der Waals surface area contributed by atoms with E-state index in [1.807, 2.05) is 36.1 Å². The molecular formula is C18H19N5OS2. The highest BCUT2D eigenvalue weighted by Gasteiger charge is 2.38. The highest BCUT2D eigenvalue weighted by Crippen LogP contribution is 2.38. The Kier molecular flexibility index (Phi) is 5.12. The Labute approximate surface area is 160 Å². The van der Waals surface area contributed by atoms with E-state index in [4.69, 9.17) is 0 Å². The molecule has 0 atom stereocenters. The van der Waals surface area contributed by atoms with Crippen molar-refractivity contribution in [3.63, 3.8) is 0 Å². The number of pyridine rings is 1. The SMILES string of the molecule is Cc1nnc(/N=C2/S/C(=C\c3ccccn3)C(=O)N2C2CCCCC2)s1. The Morgan fingerprint density at radius 1 is 1.23 bits per heavy atom. The second-order valence-electron chi connectivity index (χ2n) is 6.33. The Hall–Kier alpha value is -2.06. The third-order valence-corrected chi connectivity index (χ3v) is 6.17. The van der Waals surface area contributed by atoms with Crippen molar-refractivity contribution in [1.29, 1.82) is 0 Å². The van der Waals surface area contributed by atoms with Gasteiger partial charge in [0.1, 0.15) is 5.01 Å². The van der Waals surface area contributed by atoms with Gasteiger partial charge < -0.3 is 0 Å². The summed E-state index contributed by atoms with van der Waals surface area (Å²) in [6, 6.07) is 5.90. The first kappa shape index (κ1) is 17.4. The molecule has 0 N–H and O–H groups in total. The number of carbonyl (C=O) groups excluding carboxylic acids is 1. The summed E-state index contributed by atoms with van der Waals surface area (Å²) in [6.45, 7) is 1.90. The van der Waals surface area contributed by atoms with Crippen molar-refractivity contribution < 1.29 is 4.79 Å². The number of amidine groups is 1. The maximum absolute atomic E-state index is 13.1. The fourth-order valence-electron chi connectivity index (χ4n) is 3.23. The zero-order valence-corrected chi connectivity index (χ0v) is 16.1. The lowest BCUT2D eigenvalue weighted by Gasteiger charge is -2.30. The fraction of sp³-hybridized carbons (Fsp3) is 0.389. The van der Waals surface area contributed by atoms with Crippen LogP contribution in [0.3, 0.4) is 0 Å². The van der Waals surface area contributed by atoms with Crippen LogP contribution in [0, 0.1) is 6.92 Å². The summed E-state index contributed by atoms with van der Waals surface area (Å²) in [6.07, 6.45) is 9.18. The highest BCUT2D eigenvalue weighted by atomic mass is 32.2. The number of amides is 1. The molecule has 2 aromatic rings. The zero-order valence-electron chi connectivity index (χ0n) is 14.5. The lowest BCUT2D eigenvalue weighted by Crippen LogP contribution is -2.40. The van der Waals surface area contributed by atoms with E-state index in [1.165, 1.54) is 29.5 Å². The van der Waals surface area contributed by atoms with Gasteiger partial charge in [0.25, 0.3) is 5.91 Å². The van der Waals surface area contributed by atoms with E-state index in [-0.39, 0.29) is 11.9 Å². The van der Waals surface area contributed by atoms with Gasteiger partial charge in [0.15, 0.2) is 5.17 Å². The summed E-state index contributed by atoms with van der Waals surface area (Å²) in [5.74, 6) is 0.0209. The molecule has 8 heteroatoms. The van der Waals surface area contributed by atoms with Gasteiger partial charge in [0, 0.05) is 12.2 Å². The van der Waals surface area contributed by atoms with E-state index in [0.29, 0.717) is 15.2 Å². The van der Waals surface area contributed by atoms with E-state index < -0.39 is 0 Å². The first-order chi connectivity index (χ1) is 12.7. The highest BCUT2D eigenvalue weighted by molar-refractivity contribution is 8.18. The van der Waals surface area contributed by atoms with Crippen LogP contribution in [0.1, 0.15) is 42.8 Å². The number of aliphatic imine (C=N–C) groups is 1. The molecular weight excluding hydrogens is 366 g/mol. The number of nitrogens with zero attached hydrogens (tertiary/aromatic N) is 5. The van der Waals surface area contributed by atoms with E-state index in [1.54, 1.807) is 6.20 Å². The molecule has 1 amide bonds. The average Bonchev–Trinajstić information content (AvgIpc) is 3.20. The quantitative estimate of drug-likeness (QED) is 0.741. The summed E-state index contributed by atoms with van der Waals surface area (Å²) >= 11 is 2.84. The van der Waals surface area contributed by atoms with Crippen LogP contribution < -0.4 is 0 Å². The molecule has 0 spiro atoms. The zero-order chi connectivity index (χ0) is 17.9. The first-order valence-electron chi connectivity index (χ1n) is 8.73. The lowest BCUT2D eigenvalue weighted by molar-refractivity contribution is -0.124. The Morgan fingerprint density at radius 3 is 2.77 bits per heavy atom. The van der Waals surface area contributed by atoms with Crippen molar-refractivity contribution in [3.8, 4) is 0 Å². The van der Waals surface area contributed by atoms with Gasteiger partial charge in [-0.25, -0.2) is 0 Å². The van der Waals surface area contributed by atoms with E-state index in [2.05, 4.69) is 20.2 Å². The van der Waals surface area contributed by atoms with Gasteiger partial charge >= 0.3 is 0 Å². The van der Waals surface area contributed by atoms with Crippen LogP contribution in [0.25, 0.3) is 6.08 Å². The molecule has 26 heavy (non-hydrogen) atoms. The van der Waals surface area contributed by atoms with E-state index in [9.17, 15) is 4.79 Å². The van der Waals surface area contributed by atoms with Crippen LogP contribution in [0.15, 0.2) is 34.3 Å². The van der Waals surface area contributed by atoms with E-state index in [0.717, 1.165) is 36.4 Å². The lowest BCUT2D eigenvalue weighted by atomic mass is 9.94. The number of rotatable bonds is 3. The van der Waals surface area contributed by atoms with Crippen LogP contribution in [0.5, 0.6) is 0 Å². The molecule has 6 nitrogen and oxygen atoms in total. The van der Waals surface area contributed by atoms with Crippen molar-refractivity contribution in [2.24, 2.45) is 4.99 Å². The number of thioether (sulfide) groups is 1. The van der Waals surface area contributed by atoms with Crippen molar-refractivity contribution in [3.05, 3.63) is 40.0 Å². The average molecular weight is 386 g/mol. The summed E-state index contributed by atoms with van der Waals surface area (Å²) in [5.41, 5.74) is 0.778. The van der Waals surface area contributed by atoms with Crippen LogP contribution in [-0.2, 0) is 4.79 Å². The molecule has 134 valence electrons. The molecule has 3 heterocycles. The van der Waals surface area contributed by atoms with Gasteiger partial charge in [0.2, 0.25) is 5.13 Å². The molecule has 1 aliphatic heterocycles. The third-order valence-electron chi connectivity index (χ3n) is 4.45. The molecule has 4 rings (SSSR count). The summed E-state index contributed by atoms with van der Waals surface area (Å²) in [7, 11) is 0. The predicted molar refractivity (Wildman–Crippen MR) is 105 cm³/mol. The normalized spacial score (nSPS) is 21.9. The molecule has 2 aliphatic rings. The van der Waals surface area contributed by atoms with Crippen LogP contribution in [0.2, 0.25) is 0 Å². The minimum Gasteiger partial charge on any atom is -0.283 e. The van der Waals surface area contributed by atoms with Crippen LogP contribution in [-0.4, -0.2) is 37.2 Å². The summed E-state index contributed by atoms with van der Waals surface area (Å²) < 4.78 is 0. The molecule has 2 aromatic heterocycles. The summed E-state index contributed by atoms with van der Waals surface area (Å²) in [4.78, 5) is 24.6. The molecule has 2 fully saturated rings. The number of aromatic nitrogens is 3. The Morgan fingerprint density at radius 2 is 2.08 bits per heavy atom. The minimum absolute atomic E-state index is 0.0209. The van der Waals surface area contributed by atoms with E-state index >= 15 is 0 Å². The molecule has 0 unspecified atom stereocenters. The molecule has 0 aromatic carbocycles. The molecule has 1 saturated carbocycles. The monoisotopic (exact) mass is 385 g/mol. The standard InChI is InChI=1S/C18H19N5OS2/c1-12-21-22-17(25-12)20-18-23(14-8-3-2-4-9-14)16(24)15(26-18)11-13-7-5-6-10-19-13/h5-7,10-11,14H,2-4,8-9H2,1H3/b15-11-,20-18+. The fourth-order valence-corrected chi connectivity index (χ4v) is 4.88. The minimum atomic E-state index is 0.0209. The third kappa shape index (κ3) is 3.71. The molecule has 0 radical (unpaired) electrons. The van der Waals surface area contributed by atoms with Gasteiger partial charge in [-0.2, -0.15) is 4.99 Å². The number of hydrogen-bond acceptors (Lipinski definition) is 7. The second kappa shape index (κ2) is 7.67. The number of hydrogen-bond donors (Lipinski definition) is 0. The first-order valence-corrected chi connectivity index (χ1v) is 10.4. The van der Waals surface area contributed by atoms with Gasteiger partial charge in [-0.05, 0) is 49.7 Å². The maximum atomic E-state index is 13.1. The molecule has 1 aliphatic carbocycles. The van der Waals surface area contributed by atoms with Crippen molar-refractivity contribution in [2.75, 3.05) is 0 Å². The van der Waals surface area contributed by atoms with Crippen molar-refractivity contribution >= 4 is 45.4 Å².